The summed E-state index contributed by atoms with van der Waals surface area (Å²) in [6.07, 6.45) is 0. The minimum absolute atomic E-state index is 0.0115. The Morgan fingerprint density at radius 2 is 1.71 bits per heavy atom. The normalized spacial score (nSPS) is 22.9. The molecule has 4 atom stereocenters. The molecule has 2 aromatic carbocycles. The van der Waals surface area contributed by atoms with Gasteiger partial charge in [0.05, 0.1) is 12.0 Å². The first kappa shape index (κ1) is 26.3. The van der Waals surface area contributed by atoms with Crippen LogP contribution in [0, 0.1) is 18.7 Å². The van der Waals surface area contributed by atoms with Gasteiger partial charge in [-0.25, -0.2) is 9.18 Å². The summed E-state index contributed by atoms with van der Waals surface area (Å²) >= 11 is 8.93. The maximum absolute atomic E-state index is 14.4. The molecule has 38 heavy (non-hydrogen) atoms. The topological polar surface area (TPSA) is 74.7 Å². The van der Waals surface area contributed by atoms with Gasteiger partial charge in [0.1, 0.15) is 11.4 Å². The highest BCUT2D eigenvalue weighted by atomic mass is 35.5. The summed E-state index contributed by atoms with van der Waals surface area (Å²) in [5.41, 5.74) is -0.650. The molecule has 5 nitrogen and oxygen atoms in total. The number of carbonyl (C=O) groups is 3. The van der Waals surface area contributed by atoms with E-state index >= 15 is 0 Å². The number of hydrogen-bond donors (Lipinski definition) is 1. The first-order chi connectivity index (χ1) is 18.1. The number of carboxylic acid groups (broad SMARTS) is 1. The van der Waals surface area contributed by atoms with Gasteiger partial charge in [-0.3, -0.25) is 9.59 Å². The molecule has 1 aliphatic heterocycles. The van der Waals surface area contributed by atoms with E-state index in [-0.39, 0.29) is 11.3 Å². The van der Waals surface area contributed by atoms with E-state index in [2.05, 4.69) is 0 Å². The largest absolute Gasteiger partial charge is 0.479 e. The van der Waals surface area contributed by atoms with Crippen LogP contribution in [0.15, 0.2) is 77.5 Å². The fraction of sp³-hybridized carbons (Fsp3) is 0.207. The summed E-state index contributed by atoms with van der Waals surface area (Å²) in [5, 5.41) is 14.8. The Bertz CT molecular complexity index is 1530. The van der Waals surface area contributed by atoms with Gasteiger partial charge in [0.15, 0.2) is 5.78 Å². The molecule has 0 saturated carbocycles. The highest BCUT2D eigenvalue weighted by Crippen LogP contribution is 2.58. The quantitative estimate of drug-likeness (QED) is 0.249. The lowest BCUT2D eigenvalue weighted by atomic mass is 9.75. The lowest BCUT2D eigenvalue weighted by Crippen LogP contribution is -2.54. The number of rotatable bonds is 6. The van der Waals surface area contributed by atoms with Crippen LogP contribution in [0.5, 0.6) is 0 Å². The second-order valence-electron chi connectivity index (χ2n) is 9.44. The number of carboxylic acids is 1. The Morgan fingerprint density at radius 1 is 0.974 bits per heavy atom. The third-order valence-electron chi connectivity index (χ3n) is 7.24. The molecule has 5 rings (SSSR count). The van der Waals surface area contributed by atoms with Crippen molar-refractivity contribution in [2.75, 3.05) is 0 Å². The average molecular weight is 568 g/mol. The molecule has 194 valence electrons. The van der Waals surface area contributed by atoms with Gasteiger partial charge in [0, 0.05) is 31.8 Å². The molecule has 4 aromatic rings. The van der Waals surface area contributed by atoms with Crippen molar-refractivity contribution in [1.29, 1.82) is 0 Å². The highest BCUT2D eigenvalue weighted by molar-refractivity contribution is 7.10. The van der Waals surface area contributed by atoms with Crippen molar-refractivity contribution in [3.63, 3.8) is 0 Å². The number of benzene rings is 2. The van der Waals surface area contributed by atoms with Gasteiger partial charge in [0.2, 0.25) is 0 Å². The van der Waals surface area contributed by atoms with Crippen LogP contribution >= 0.6 is 34.3 Å². The Kier molecular flexibility index (Phi) is 6.98. The number of ketones is 1. The van der Waals surface area contributed by atoms with E-state index in [0.717, 1.165) is 11.6 Å². The highest BCUT2D eigenvalue weighted by Gasteiger charge is 2.65. The van der Waals surface area contributed by atoms with E-state index < -0.39 is 41.1 Å². The van der Waals surface area contributed by atoms with Crippen molar-refractivity contribution in [3.8, 4) is 0 Å². The number of likely N-dealkylation sites (tertiary alicyclic amines) is 1. The maximum atomic E-state index is 14.4. The van der Waals surface area contributed by atoms with Gasteiger partial charge in [-0.1, -0.05) is 35.9 Å². The van der Waals surface area contributed by atoms with Gasteiger partial charge < -0.3 is 10.0 Å². The van der Waals surface area contributed by atoms with Gasteiger partial charge in [-0.2, -0.15) is 0 Å². The third kappa shape index (κ3) is 4.26. The lowest BCUT2D eigenvalue weighted by Gasteiger charge is -2.37. The van der Waals surface area contributed by atoms with Crippen LogP contribution in [0.25, 0.3) is 0 Å². The van der Waals surface area contributed by atoms with Gasteiger partial charge in [-0.05, 0) is 72.6 Å². The SMILES string of the molecule is Cc1ccsc1C1C(C(=O)c2cccc(Cl)c2)C(c2cccs2)C(C)(C(=O)O)N1C(=O)c1cccc(F)c1. The van der Waals surface area contributed by atoms with Crippen LogP contribution in [-0.4, -0.2) is 33.2 Å². The smallest absolute Gasteiger partial charge is 0.330 e. The maximum Gasteiger partial charge on any atom is 0.330 e. The van der Waals surface area contributed by atoms with Crippen molar-refractivity contribution >= 4 is 51.9 Å². The number of hydrogen-bond acceptors (Lipinski definition) is 5. The second kappa shape index (κ2) is 10.1. The monoisotopic (exact) mass is 567 g/mol. The number of amides is 1. The molecule has 9 heteroatoms. The molecular formula is C29H23ClFNO4S2. The average Bonchev–Trinajstić information content (AvgIpc) is 3.61. The third-order valence-corrected chi connectivity index (χ3v) is 9.52. The molecule has 1 N–H and O–H groups in total. The summed E-state index contributed by atoms with van der Waals surface area (Å²) in [6.45, 7) is 3.35. The van der Waals surface area contributed by atoms with Crippen molar-refractivity contribution in [2.24, 2.45) is 5.92 Å². The number of thiophene rings is 2. The van der Waals surface area contributed by atoms with E-state index in [1.165, 1.54) is 52.7 Å². The Labute approximate surface area is 232 Å². The zero-order chi connectivity index (χ0) is 27.2. The molecule has 0 bridgehead atoms. The lowest BCUT2D eigenvalue weighted by molar-refractivity contribution is -0.148. The van der Waals surface area contributed by atoms with E-state index in [9.17, 15) is 23.9 Å². The molecule has 1 aliphatic rings. The Morgan fingerprint density at radius 3 is 2.32 bits per heavy atom. The molecule has 1 amide bonds. The zero-order valence-corrected chi connectivity index (χ0v) is 22.8. The van der Waals surface area contributed by atoms with Crippen LogP contribution in [0.2, 0.25) is 5.02 Å². The van der Waals surface area contributed by atoms with E-state index in [1.807, 2.05) is 23.8 Å². The number of aryl methyl sites for hydroxylation is 1. The predicted molar refractivity (Wildman–Crippen MR) is 147 cm³/mol. The van der Waals surface area contributed by atoms with Gasteiger partial charge >= 0.3 is 5.97 Å². The second-order valence-corrected chi connectivity index (χ2v) is 11.8. The molecular weight excluding hydrogens is 545 g/mol. The van der Waals surface area contributed by atoms with Crippen molar-refractivity contribution in [2.45, 2.75) is 31.3 Å². The minimum atomic E-state index is -1.83. The van der Waals surface area contributed by atoms with Gasteiger partial charge in [0.25, 0.3) is 5.91 Å². The number of Topliss-reactive ketones (excluding diaryl/α,β-unsaturated/α-hetero) is 1. The van der Waals surface area contributed by atoms with Crippen molar-refractivity contribution in [3.05, 3.63) is 115 Å². The summed E-state index contributed by atoms with van der Waals surface area (Å²) < 4.78 is 14.2. The van der Waals surface area contributed by atoms with E-state index in [4.69, 9.17) is 11.6 Å². The van der Waals surface area contributed by atoms with Crippen LogP contribution in [-0.2, 0) is 4.79 Å². The van der Waals surface area contributed by atoms with Crippen LogP contribution < -0.4 is 0 Å². The first-order valence-corrected chi connectivity index (χ1v) is 14.0. The predicted octanol–water partition coefficient (Wildman–Crippen LogP) is 7.23. The molecule has 1 fully saturated rings. The molecule has 4 unspecified atom stereocenters. The number of aliphatic carboxylic acids is 1. The summed E-state index contributed by atoms with van der Waals surface area (Å²) in [6, 6.07) is 16.3. The summed E-state index contributed by atoms with van der Waals surface area (Å²) in [7, 11) is 0. The number of nitrogens with zero attached hydrogens (tertiary/aromatic N) is 1. The summed E-state index contributed by atoms with van der Waals surface area (Å²) in [5.74, 6) is -4.65. The number of halogens is 2. The van der Waals surface area contributed by atoms with Crippen LogP contribution in [0.3, 0.4) is 0 Å². The van der Waals surface area contributed by atoms with Crippen LogP contribution in [0.1, 0.15) is 54.9 Å². The molecule has 0 aliphatic carbocycles. The van der Waals surface area contributed by atoms with E-state index in [0.29, 0.717) is 20.3 Å². The fourth-order valence-corrected chi connectivity index (χ4v) is 7.73. The molecule has 0 radical (unpaired) electrons. The molecule has 0 spiro atoms. The first-order valence-electron chi connectivity index (χ1n) is 11.8. The minimum Gasteiger partial charge on any atom is -0.479 e. The van der Waals surface area contributed by atoms with Crippen molar-refractivity contribution < 1.29 is 23.9 Å². The zero-order valence-electron chi connectivity index (χ0n) is 20.4. The van der Waals surface area contributed by atoms with Gasteiger partial charge in [-0.15, -0.1) is 22.7 Å². The fourth-order valence-electron chi connectivity index (χ4n) is 5.48. The van der Waals surface area contributed by atoms with Crippen LogP contribution in [0.4, 0.5) is 4.39 Å². The molecule has 3 heterocycles. The Balaban J connectivity index is 1.81. The van der Waals surface area contributed by atoms with E-state index in [1.54, 1.807) is 36.4 Å². The standard InChI is InChI=1S/C29H23ClFNO4S2/c1-16-11-13-38-26(16)24-22(25(33)17-6-3-8-19(30)14-17)23(21-10-5-12-37-21)29(2,28(35)36)32(24)27(34)18-7-4-9-20(31)15-18/h3-15,22-24H,1-2H3,(H,35,36). The number of carbonyl (C=O) groups excluding carboxylic acids is 2. The molecule has 2 aromatic heterocycles. The van der Waals surface area contributed by atoms with Crippen molar-refractivity contribution in [1.82, 2.24) is 4.90 Å². The molecule has 1 saturated heterocycles. The summed E-state index contributed by atoms with van der Waals surface area (Å²) in [4.78, 5) is 44.4. The Hall–Kier alpha value is -3.33.